The molecule has 1 aromatic rings. The van der Waals surface area contributed by atoms with E-state index in [0.717, 1.165) is 37.4 Å². The van der Waals surface area contributed by atoms with Gasteiger partial charge in [0.15, 0.2) is 0 Å². The Kier molecular flexibility index (Phi) is 3.73. The van der Waals surface area contributed by atoms with Crippen LogP contribution in [0.4, 0.5) is 0 Å². The second-order valence-electron chi connectivity index (χ2n) is 5.39. The van der Waals surface area contributed by atoms with Gasteiger partial charge in [0.05, 0.1) is 12.1 Å². The van der Waals surface area contributed by atoms with Crippen molar-refractivity contribution in [3.8, 4) is 5.75 Å². The third kappa shape index (κ3) is 2.61. The highest BCUT2D eigenvalue weighted by atomic mass is 16.5. The summed E-state index contributed by atoms with van der Waals surface area (Å²) in [6.07, 6.45) is 0.747. The number of hydrogen-bond acceptors (Lipinski definition) is 4. The van der Waals surface area contributed by atoms with Crippen LogP contribution in [0.2, 0.25) is 0 Å². The summed E-state index contributed by atoms with van der Waals surface area (Å²) < 4.78 is 11.5. The predicted octanol–water partition coefficient (Wildman–Crippen LogP) is 1.59. The van der Waals surface area contributed by atoms with Crippen LogP contribution in [0.15, 0.2) is 24.3 Å². The number of benzene rings is 1. The van der Waals surface area contributed by atoms with Gasteiger partial charge in [-0.2, -0.15) is 0 Å². The molecule has 104 valence electrons. The van der Waals surface area contributed by atoms with Crippen molar-refractivity contribution in [2.75, 3.05) is 26.3 Å². The zero-order valence-electron chi connectivity index (χ0n) is 11.3. The Hall–Kier alpha value is -1.10. The van der Waals surface area contributed by atoms with Crippen LogP contribution in [-0.4, -0.2) is 48.5 Å². The zero-order chi connectivity index (χ0) is 13.2. The highest BCUT2D eigenvalue weighted by Gasteiger charge is 2.34. The molecule has 2 aliphatic rings. The van der Waals surface area contributed by atoms with Crippen molar-refractivity contribution < 1.29 is 14.6 Å². The van der Waals surface area contributed by atoms with Gasteiger partial charge >= 0.3 is 0 Å². The lowest BCUT2D eigenvalue weighted by atomic mass is 9.97. The summed E-state index contributed by atoms with van der Waals surface area (Å²) in [6.45, 7) is 5.25. The lowest BCUT2D eigenvalue weighted by molar-refractivity contribution is -0.00844. The third-order valence-corrected chi connectivity index (χ3v) is 3.96. The Morgan fingerprint density at radius 2 is 2.16 bits per heavy atom. The fourth-order valence-electron chi connectivity index (χ4n) is 2.96. The maximum absolute atomic E-state index is 10.6. The van der Waals surface area contributed by atoms with E-state index in [2.05, 4.69) is 11.8 Å². The molecule has 3 atom stereocenters. The largest absolute Gasteiger partial charge is 0.491 e. The Morgan fingerprint density at radius 3 is 3.05 bits per heavy atom. The molecular formula is C15H21NO3. The average molecular weight is 263 g/mol. The van der Waals surface area contributed by atoms with Crippen LogP contribution in [0.1, 0.15) is 25.0 Å². The molecule has 0 amide bonds. The van der Waals surface area contributed by atoms with E-state index in [-0.39, 0.29) is 12.1 Å². The lowest BCUT2D eigenvalue weighted by Gasteiger charge is -2.38. The molecule has 4 heteroatoms. The summed E-state index contributed by atoms with van der Waals surface area (Å²) in [5.41, 5.74) is 0.900. The van der Waals surface area contributed by atoms with Crippen molar-refractivity contribution in [2.24, 2.45) is 0 Å². The number of para-hydroxylation sites is 1. The maximum atomic E-state index is 10.6. The number of hydrogen-bond donors (Lipinski definition) is 1. The molecule has 19 heavy (non-hydrogen) atoms. The molecule has 2 heterocycles. The second kappa shape index (κ2) is 5.49. The van der Waals surface area contributed by atoms with Gasteiger partial charge in [0.1, 0.15) is 18.5 Å². The minimum atomic E-state index is -0.477. The summed E-state index contributed by atoms with van der Waals surface area (Å²) in [5, 5.41) is 10.6. The molecule has 1 fully saturated rings. The topological polar surface area (TPSA) is 41.9 Å². The number of ether oxygens (including phenoxy) is 2. The summed E-state index contributed by atoms with van der Waals surface area (Å²) in [7, 11) is 0. The van der Waals surface area contributed by atoms with Gasteiger partial charge in [0.25, 0.3) is 0 Å². The first-order valence-electron chi connectivity index (χ1n) is 7.01. The molecule has 0 aliphatic carbocycles. The van der Waals surface area contributed by atoms with E-state index in [1.54, 1.807) is 0 Å². The fourth-order valence-corrected chi connectivity index (χ4v) is 2.96. The molecule has 4 nitrogen and oxygen atoms in total. The van der Waals surface area contributed by atoms with Crippen molar-refractivity contribution in [2.45, 2.75) is 31.6 Å². The zero-order valence-corrected chi connectivity index (χ0v) is 11.3. The Morgan fingerprint density at radius 1 is 1.32 bits per heavy atom. The molecule has 0 spiro atoms. The van der Waals surface area contributed by atoms with Gasteiger partial charge in [-0.1, -0.05) is 18.2 Å². The number of nitrogens with zero attached hydrogens (tertiary/aromatic N) is 1. The third-order valence-electron chi connectivity index (χ3n) is 3.96. The van der Waals surface area contributed by atoms with Gasteiger partial charge in [-0.25, -0.2) is 0 Å². The Balaban J connectivity index is 1.79. The molecular weight excluding hydrogens is 242 g/mol. The minimum absolute atomic E-state index is 0.0269. The monoisotopic (exact) mass is 263 g/mol. The van der Waals surface area contributed by atoms with Crippen LogP contribution < -0.4 is 4.74 Å². The summed E-state index contributed by atoms with van der Waals surface area (Å²) in [4.78, 5) is 2.30. The van der Waals surface area contributed by atoms with Crippen molar-refractivity contribution >= 4 is 0 Å². The normalized spacial score (nSPS) is 32.2. The van der Waals surface area contributed by atoms with E-state index in [1.807, 2.05) is 24.3 Å². The molecule has 3 unspecified atom stereocenters. The van der Waals surface area contributed by atoms with Gasteiger partial charge in [0.2, 0.25) is 0 Å². The van der Waals surface area contributed by atoms with Crippen molar-refractivity contribution in [1.29, 1.82) is 0 Å². The fraction of sp³-hybridized carbons (Fsp3) is 0.600. The molecule has 1 aromatic carbocycles. The molecule has 1 saturated heterocycles. The molecule has 1 N–H and O–H groups in total. The standard InChI is InChI=1S/C15H21NO3/c1-11-9-16(7-4-8-18-11)13-10-19-14-6-3-2-5-12(14)15(13)17/h2-3,5-6,11,13,15,17H,4,7-10H2,1H3. The van der Waals surface area contributed by atoms with E-state index >= 15 is 0 Å². The Bertz CT molecular complexity index is 437. The first-order chi connectivity index (χ1) is 9.25. The molecule has 3 rings (SSSR count). The van der Waals surface area contributed by atoms with E-state index in [0.29, 0.717) is 6.61 Å². The second-order valence-corrected chi connectivity index (χ2v) is 5.39. The highest BCUT2D eigenvalue weighted by molar-refractivity contribution is 5.37. The van der Waals surface area contributed by atoms with Crippen LogP contribution in [0.5, 0.6) is 5.75 Å². The van der Waals surface area contributed by atoms with E-state index in [1.165, 1.54) is 0 Å². The maximum Gasteiger partial charge on any atom is 0.125 e. The molecule has 0 saturated carbocycles. The molecule has 0 bridgehead atoms. The number of fused-ring (bicyclic) bond motifs is 1. The van der Waals surface area contributed by atoms with Gasteiger partial charge < -0.3 is 14.6 Å². The van der Waals surface area contributed by atoms with Gasteiger partial charge in [-0.15, -0.1) is 0 Å². The first-order valence-corrected chi connectivity index (χ1v) is 7.01. The molecule has 2 aliphatic heterocycles. The molecule has 0 aromatic heterocycles. The van der Waals surface area contributed by atoms with Crippen molar-refractivity contribution in [3.63, 3.8) is 0 Å². The summed E-state index contributed by atoms with van der Waals surface area (Å²) in [6, 6.07) is 7.78. The Labute approximate surface area is 113 Å². The van der Waals surface area contributed by atoms with E-state index in [4.69, 9.17) is 9.47 Å². The SMILES string of the molecule is CC1CN(C2COc3ccccc3C2O)CCCO1. The lowest BCUT2D eigenvalue weighted by Crippen LogP contribution is -2.48. The summed E-state index contributed by atoms with van der Waals surface area (Å²) >= 11 is 0. The number of rotatable bonds is 1. The minimum Gasteiger partial charge on any atom is -0.491 e. The number of aliphatic hydroxyl groups excluding tert-OH is 1. The van der Waals surface area contributed by atoms with E-state index < -0.39 is 6.10 Å². The smallest absolute Gasteiger partial charge is 0.125 e. The van der Waals surface area contributed by atoms with Crippen molar-refractivity contribution in [1.82, 2.24) is 4.90 Å². The van der Waals surface area contributed by atoms with Crippen LogP contribution >= 0.6 is 0 Å². The summed E-state index contributed by atoms with van der Waals surface area (Å²) in [5.74, 6) is 0.811. The van der Waals surface area contributed by atoms with Crippen LogP contribution in [-0.2, 0) is 4.74 Å². The van der Waals surface area contributed by atoms with Crippen LogP contribution in [0, 0.1) is 0 Å². The van der Waals surface area contributed by atoms with Crippen molar-refractivity contribution in [3.05, 3.63) is 29.8 Å². The number of aliphatic hydroxyl groups is 1. The quantitative estimate of drug-likeness (QED) is 0.835. The van der Waals surface area contributed by atoms with Crippen LogP contribution in [0.3, 0.4) is 0 Å². The van der Waals surface area contributed by atoms with Gasteiger partial charge in [0, 0.05) is 25.3 Å². The van der Waals surface area contributed by atoms with Gasteiger partial charge in [-0.3, -0.25) is 4.90 Å². The predicted molar refractivity (Wildman–Crippen MR) is 72.3 cm³/mol. The van der Waals surface area contributed by atoms with E-state index in [9.17, 15) is 5.11 Å². The highest BCUT2D eigenvalue weighted by Crippen LogP contribution is 2.34. The average Bonchev–Trinajstić information content (AvgIpc) is 2.64. The molecule has 0 radical (unpaired) electrons. The first kappa shape index (κ1) is 12.9. The van der Waals surface area contributed by atoms with Gasteiger partial charge in [-0.05, 0) is 19.4 Å². The van der Waals surface area contributed by atoms with Crippen LogP contribution in [0.25, 0.3) is 0 Å².